The molecule has 0 atom stereocenters. The number of nitrogens with zero attached hydrogens (tertiary/aromatic N) is 6. The van der Waals surface area contributed by atoms with Crippen molar-refractivity contribution >= 4 is 27.6 Å². The fourth-order valence-electron chi connectivity index (χ4n) is 2.78. The number of rotatable bonds is 6. The number of imidazole rings is 1. The van der Waals surface area contributed by atoms with Crippen molar-refractivity contribution in [3.05, 3.63) is 78.3 Å². The molecular formula is C20H18N8O3S. The number of aryl methyl sites for hydroxylation is 2. The van der Waals surface area contributed by atoms with Crippen molar-refractivity contribution in [2.45, 2.75) is 18.7 Å². The van der Waals surface area contributed by atoms with Crippen molar-refractivity contribution < 1.29 is 13.2 Å². The molecule has 0 aliphatic heterocycles. The first-order valence-corrected chi connectivity index (χ1v) is 10.9. The Morgan fingerprint density at radius 2 is 1.72 bits per heavy atom. The molecule has 162 valence electrons. The monoisotopic (exact) mass is 450 g/mol. The molecule has 32 heavy (non-hydrogen) atoms. The highest BCUT2D eigenvalue weighted by molar-refractivity contribution is 7.92. The quantitative estimate of drug-likeness (QED) is 0.454. The van der Waals surface area contributed by atoms with E-state index in [4.69, 9.17) is 0 Å². The van der Waals surface area contributed by atoms with Crippen LogP contribution < -0.4 is 10.0 Å². The van der Waals surface area contributed by atoms with E-state index in [0.29, 0.717) is 17.2 Å². The van der Waals surface area contributed by atoms with Gasteiger partial charge in [-0.2, -0.15) is 0 Å². The molecule has 0 radical (unpaired) electrons. The van der Waals surface area contributed by atoms with E-state index in [1.807, 2.05) is 6.92 Å². The summed E-state index contributed by atoms with van der Waals surface area (Å²) in [5, 5.41) is 10.7. The van der Waals surface area contributed by atoms with E-state index in [1.165, 1.54) is 30.5 Å². The molecule has 11 nitrogen and oxygen atoms in total. The number of carbonyl (C=O) groups excluding carboxylic acids is 1. The number of carbonyl (C=O) groups is 1. The maximum atomic E-state index is 12.5. The van der Waals surface area contributed by atoms with Crippen molar-refractivity contribution in [1.82, 2.24) is 29.7 Å². The average molecular weight is 450 g/mol. The van der Waals surface area contributed by atoms with Crippen LogP contribution in [-0.4, -0.2) is 44.0 Å². The predicted molar refractivity (Wildman–Crippen MR) is 116 cm³/mol. The highest BCUT2D eigenvalue weighted by Crippen LogP contribution is 2.17. The molecule has 3 heterocycles. The van der Waals surface area contributed by atoms with Gasteiger partial charge in [0.25, 0.3) is 15.9 Å². The van der Waals surface area contributed by atoms with Crippen molar-refractivity contribution in [2.24, 2.45) is 0 Å². The van der Waals surface area contributed by atoms with Crippen LogP contribution in [0.1, 0.15) is 22.0 Å². The molecule has 1 amide bonds. The molecule has 0 saturated heterocycles. The van der Waals surface area contributed by atoms with Gasteiger partial charge in [-0.05, 0) is 56.3 Å². The lowest BCUT2D eigenvalue weighted by Crippen LogP contribution is -2.16. The summed E-state index contributed by atoms with van der Waals surface area (Å²) in [6.07, 6.45) is 4.85. The van der Waals surface area contributed by atoms with Gasteiger partial charge in [0.1, 0.15) is 5.82 Å². The van der Waals surface area contributed by atoms with Gasteiger partial charge in [-0.3, -0.25) is 9.36 Å². The summed E-state index contributed by atoms with van der Waals surface area (Å²) in [5.41, 5.74) is 1.14. The third kappa shape index (κ3) is 4.59. The highest BCUT2D eigenvalue weighted by atomic mass is 32.2. The molecule has 4 aromatic rings. The lowest BCUT2D eigenvalue weighted by Gasteiger charge is -2.09. The zero-order chi connectivity index (χ0) is 22.7. The van der Waals surface area contributed by atoms with Gasteiger partial charge in [0, 0.05) is 30.0 Å². The second kappa shape index (κ2) is 8.51. The number of aromatic nitrogens is 6. The summed E-state index contributed by atoms with van der Waals surface area (Å²) in [6.45, 7) is 3.56. The summed E-state index contributed by atoms with van der Waals surface area (Å²) < 4.78 is 29.1. The van der Waals surface area contributed by atoms with Crippen molar-refractivity contribution in [3.8, 4) is 5.82 Å². The summed E-state index contributed by atoms with van der Waals surface area (Å²) >= 11 is 0. The molecule has 0 aliphatic rings. The van der Waals surface area contributed by atoms with Crippen molar-refractivity contribution in [3.63, 3.8) is 0 Å². The number of sulfonamides is 1. The molecule has 0 unspecified atom stereocenters. The average Bonchev–Trinajstić information content (AvgIpc) is 3.20. The van der Waals surface area contributed by atoms with Crippen LogP contribution in [0.3, 0.4) is 0 Å². The van der Waals surface area contributed by atoms with Crippen LogP contribution in [0.15, 0.2) is 66.0 Å². The molecule has 0 bridgehead atoms. The third-order valence-corrected chi connectivity index (χ3v) is 5.74. The maximum Gasteiger partial charge on any atom is 0.276 e. The normalized spacial score (nSPS) is 11.2. The summed E-state index contributed by atoms with van der Waals surface area (Å²) in [4.78, 5) is 24.5. The lowest BCUT2D eigenvalue weighted by atomic mass is 10.3. The van der Waals surface area contributed by atoms with Gasteiger partial charge in [-0.1, -0.05) is 0 Å². The molecule has 0 fully saturated rings. The minimum absolute atomic E-state index is 0.000418. The van der Waals surface area contributed by atoms with Gasteiger partial charge in [0.05, 0.1) is 4.90 Å². The number of hydrogen-bond donors (Lipinski definition) is 2. The Kier molecular flexibility index (Phi) is 5.60. The third-order valence-electron chi connectivity index (χ3n) is 4.40. The standard InChI is InChI=1S/C20H18N8O3S/c1-13-9-10-22-20(23-13)27-32(30,31)16-5-3-15(4-6-16)24-19(29)17-7-8-18(26-25-17)28-12-11-21-14(28)2/h3-12H,1-2H3,(H,24,29)(H,22,23,27). The molecule has 0 spiro atoms. The fraction of sp³-hybridized carbons (Fsp3) is 0.100. The van der Waals surface area contributed by atoms with Gasteiger partial charge < -0.3 is 5.32 Å². The van der Waals surface area contributed by atoms with E-state index in [1.54, 1.807) is 42.1 Å². The van der Waals surface area contributed by atoms with E-state index in [2.05, 4.69) is 35.2 Å². The number of amides is 1. The van der Waals surface area contributed by atoms with E-state index in [0.717, 1.165) is 5.82 Å². The smallest absolute Gasteiger partial charge is 0.276 e. The number of nitrogens with one attached hydrogen (secondary N) is 2. The summed E-state index contributed by atoms with van der Waals surface area (Å²) in [7, 11) is -3.87. The number of anilines is 2. The van der Waals surface area contributed by atoms with Gasteiger partial charge in [-0.15, -0.1) is 10.2 Å². The first-order chi connectivity index (χ1) is 15.3. The molecule has 0 saturated carbocycles. The molecule has 4 rings (SSSR count). The summed E-state index contributed by atoms with van der Waals surface area (Å²) in [5.74, 6) is 0.787. The predicted octanol–water partition coefficient (Wildman–Crippen LogP) is 2.12. The minimum Gasteiger partial charge on any atom is -0.321 e. The first kappa shape index (κ1) is 21.1. The van der Waals surface area contributed by atoms with Crippen LogP contribution in [0.2, 0.25) is 0 Å². The van der Waals surface area contributed by atoms with Crippen LogP contribution >= 0.6 is 0 Å². The van der Waals surface area contributed by atoms with Gasteiger partial charge >= 0.3 is 0 Å². The summed E-state index contributed by atoms with van der Waals surface area (Å²) in [6, 6.07) is 10.5. The topological polar surface area (TPSA) is 145 Å². The van der Waals surface area contributed by atoms with Crippen molar-refractivity contribution in [1.29, 1.82) is 0 Å². The van der Waals surface area contributed by atoms with Crippen LogP contribution in [0.25, 0.3) is 5.82 Å². The molecule has 1 aromatic carbocycles. The highest BCUT2D eigenvalue weighted by Gasteiger charge is 2.16. The van der Waals surface area contributed by atoms with Crippen molar-refractivity contribution in [2.75, 3.05) is 10.0 Å². The molecule has 12 heteroatoms. The van der Waals surface area contributed by atoms with Crippen LogP contribution in [0.5, 0.6) is 0 Å². The van der Waals surface area contributed by atoms with Crippen LogP contribution in [0.4, 0.5) is 11.6 Å². The first-order valence-electron chi connectivity index (χ1n) is 9.40. The Morgan fingerprint density at radius 3 is 2.34 bits per heavy atom. The number of hydrogen-bond acceptors (Lipinski definition) is 8. The Labute approximate surface area is 183 Å². The SMILES string of the molecule is Cc1ccnc(NS(=O)(=O)c2ccc(NC(=O)c3ccc(-n4ccnc4C)nn3)cc2)n1. The molecular weight excluding hydrogens is 432 g/mol. The second-order valence-corrected chi connectivity index (χ2v) is 8.41. The second-order valence-electron chi connectivity index (χ2n) is 6.73. The van der Waals surface area contributed by atoms with E-state index >= 15 is 0 Å². The molecule has 3 aromatic heterocycles. The van der Waals surface area contributed by atoms with E-state index < -0.39 is 15.9 Å². The van der Waals surface area contributed by atoms with Gasteiger partial charge in [-0.25, -0.2) is 28.1 Å². The number of benzene rings is 1. The Balaban J connectivity index is 1.44. The lowest BCUT2D eigenvalue weighted by molar-refractivity contribution is 0.102. The van der Waals surface area contributed by atoms with Gasteiger partial charge in [0.15, 0.2) is 11.5 Å². The zero-order valence-corrected chi connectivity index (χ0v) is 17.9. The van der Waals surface area contributed by atoms with Gasteiger partial charge in [0.2, 0.25) is 5.95 Å². The fourth-order valence-corrected chi connectivity index (χ4v) is 3.74. The molecule has 2 N–H and O–H groups in total. The van der Waals surface area contributed by atoms with E-state index in [9.17, 15) is 13.2 Å². The molecule has 0 aliphatic carbocycles. The Hall–Kier alpha value is -4.19. The van der Waals surface area contributed by atoms with Crippen LogP contribution in [-0.2, 0) is 10.0 Å². The maximum absolute atomic E-state index is 12.5. The Bertz CT molecular complexity index is 1370. The van der Waals surface area contributed by atoms with Crippen LogP contribution in [0, 0.1) is 13.8 Å². The Morgan fingerprint density at radius 1 is 0.938 bits per heavy atom. The minimum atomic E-state index is -3.87. The zero-order valence-electron chi connectivity index (χ0n) is 17.1. The largest absolute Gasteiger partial charge is 0.321 e. The van der Waals surface area contributed by atoms with E-state index in [-0.39, 0.29) is 16.5 Å².